The number of carbonyl (C=O) groups excluding carboxylic acids is 1. The maximum atomic E-state index is 13.6. The van der Waals surface area contributed by atoms with Crippen LogP contribution >= 0.6 is 0 Å². The molecule has 1 saturated heterocycles. The zero-order valence-electron chi connectivity index (χ0n) is 19.8. The molecule has 33 heavy (non-hydrogen) atoms. The minimum atomic E-state index is -2.43. The third-order valence-electron chi connectivity index (χ3n) is 6.43. The zero-order valence-corrected chi connectivity index (χ0v) is 19.8. The first kappa shape index (κ1) is 23.4. The minimum Gasteiger partial charge on any atom is -0.354 e. The van der Waals surface area contributed by atoms with Crippen molar-refractivity contribution < 1.29 is 13.6 Å². The maximum Gasteiger partial charge on any atom is 0.242 e. The van der Waals surface area contributed by atoms with Crippen LogP contribution in [0.2, 0.25) is 0 Å². The van der Waals surface area contributed by atoms with Crippen molar-refractivity contribution in [2.75, 3.05) is 33.7 Å². The van der Waals surface area contributed by atoms with Gasteiger partial charge in [-0.05, 0) is 82.1 Å². The van der Waals surface area contributed by atoms with E-state index in [2.05, 4.69) is 22.1 Å². The highest BCUT2D eigenvalue weighted by Gasteiger charge is 2.25. The number of hydrogen-bond acceptors (Lipinski definition) is 3. The van der Waals surface area contributed by atoms with Crippen molar-refractivity contribution in [1.82, 2.24) is 19.8 Å². The molecule has 2 aromatic heterocycles. The van der Waals surface area contributed by atoms with Crippen LogP contribution in [-0.2, 0) is 11.2 Å². The summed E-state index contributed by atoms with van der Waals surface area (Å²) >= 11 is 0. The van der Waals surface area contributed by atoms with Crippen LogP contribution in [0.25, 0.3) is 22.2 Å². The molecule has 7 heteroatoms. The first-order valence-corrected chi connectivity index (χ1v) is 11.5. The number of aromatic nitrogens is 2. The van der Waals surface area contributed by atoms with Crippen LogP contribution in [0, 0.1) is 13.8 Å². The molecule has 0 aliphatic carbocycles. The molecule has 1 aliphatic heterocycles. The number of rotatable bonds is 6. The minimum absolute atomic E-state index is 0.159. The van der Waals surface area contributed by atoms with Crippen molar-refractivity contribution in [2.45, 2.75) is 45.5 Å². The molecule has 1 aliphatic rings. The first-order valence-electron chi connectivity index (χ1n) is 11.5. The second-order valence-corrected chi connectivity index (χ2v) is 9.41. The van der Waals surface area contributed by atoms with Gasteiger partial charge >= 0.3 is 0 Å². The van der Waals surface area contributed by atoms with Gasteiger partial charge in [-0.15, -0.1) is 0 Å². The van der Waals surface area contributed by atoms with Crippen molar-refractivity contribution in [2.24, 2.45) is 0 Å². The number of alkyl halides is 2. The number of aryl methyl sites for hydroxylation is 2. The number of piperidine rings is 1. The van der Waals surface area contributed by atoms with E-state index in [4.69, 9.17) is 0 Å². The van der Waals surface area contributed by atoms with Gasteiger partial charge in [-0.1, -0.05) is 6.07 Å². The molecule has 0 spiro atoms. The zero-order chi connectivity index (χ0) is 23.7. The van der Waals surface area contributed by atoms with E-state index in [9.17, 15) is 13.6 Å². The topological polar surface area (TPSA) is 52.2 Å². The average molecular weight is 455 g/mol. The molecule has 0 saturated carbocycles. The largest absolute Gasteiger partial charge is 0.354 e. The lowest BCUT2D eigenvalue weighted by Gasteiger charge is -2.33. The Kier molecular flexibility index (Phi) is 6.79. The summed E-state index contributed by atoms with van der Waals surface area (Å²) in [4.78, 5) is 24.0. The molecular formula is C26H32F2N4O. The van der Waals surface area contributed by atoms with E-state index in [1.54, 1.807) is 0 Å². The highest BCUT2D eigenvalue weighted by Crippen LogP contribution is 2.36. The van der Waals surface area contributed by atoms with Gasteiger partial charge in [0.1, 0.15) is 0 Å². The number of fused-ring (bicyclic) bond motifs is 1. The number of pyridine rings is 1. The smallest absolute Gasteiger partial charge is 0.242 e. The molecule has 176 valence electrons. The number of nitrogens with zero attached hydrogens (tertiary/aromatic N) is 3. The SMILES string of the molecule is Cc1cc(-c2[nH]c3ccc(C4CCN(C(=O)CN(C)C)CC4)cc3c2CC(F)F)cc(C)n1. The molecule has 0 radical (unpaired) electrons. The quantitative estimate of drug-likeness (QED) is 0.575. The normalized spacial score (nSPS) is 15.2. The lowest BCUT2D eigenvalue weighted by atomic mass is 9.88. The monoisotopic (exact) mass is 454 g/mol. The summed E-state index contributed by atoms with van der Waals surface area (Å²) in [6.45, 7) is 5.72. The van der Waals surface area contributed by atoms with E-state index in [0.717, 1.165) is 65.0 Å². The second kappa shape index (κ2) is 9.59. The van der Waals surface area contributed by atoms with Crippen LogP contribution in [0.4, 0.5) is 8.78 Å². The van der Waals surface area contributed by atoms with Gasteiger partial charge < -0.3 is 14.8 Å². The van der Waals surface area contributed by atoms with Gasteiger partial charge in [0, 0.05) is 47.4 Å². The van der Waals surface area contributed by atoms with Gasteiger partial charge in [-0.2, -0.15) is 0 Å². The first-order chi connectivity index (χ1) is 15.7. The Morgan fingerprint density at radius 3 is 2.42 bits per heavy atom. The van der Waals surface area contributed by atoms with Gasteiger partial charge in [-0.3, -0.25) is 9.78 Å². The summed E-state index contributed by atoms with van der Waals surface area (Å²) in [5.41, 5.74) is 6.05. The van der Waals surface area contributed by atoms with E-state index in [0.29, 0.717) is 18.0 Å². The lowest BCUT2D eigenvalue weighted by Crippen LogP contribution is -2.42. The molecule has 1 aromatic carbocycles. The summed E-state index contributed by atoms with van der Waals surface area (Å²) in [7, 11) is 3.80. The number of likely N-dealkylation sites (N-methyl/N-ethyl adjacent to an activating group) is 1. The van der Waals surface area contributed by atoms with E-state index >= 15 is 0 Å². The summed E-state index contributed by atoms with van der Waals surface area (Å²) in [6.07, 6.45) is -0.957. The number of benzene rings is 1. The molecule has 0 unspecified atom stereocenters. The van der Waals surface area contributed by atoms with Crippen LogP contribution in [0.5, 0.6) is 0 Å². The van der Waals surface area contributed by atoms with E-state index < -0.39 is 6.43 Å². The number of H-pyrrole nitrogens is 1. The number of hydrogen-bond donors (Lipinski definition) is 1. The molecule has 1 N–H and O–H groups in total. The second-order valence-electron chi connectivity index (χ2n) is 9.41. The average Bonchev–Trinajstić information content (AvgIpc) is 3.10. The fourth-order valence-corrected chi connectivity index (χ4v) is 4.94. The fraction of sp³-hybridized carbons (Fsp3) is 0.462. The number of likely N-dealkylation sites (tertiary alicyclic amines) is 1. The number of halogens is 2. The van der Waals surface area contributed by atoms with Crippen LogP contribution in [0.3, 0.4) is 0 Å². The van der Waals surface area contributed by atoms with Crippen LogP contribution < -0.4 is 0 Å². The highest BCUT2D eigenvalue weighted by atomic mass is 19.3. The Hall–Kier alpha value is -2.80. The Balaban J connectivity index is 1.64. The van der Waals surface area contributed by atoms with Gasteiger partial charge in [0.2, 0.25) is 12.3 Å². The Morgan fingerprint density at radius 2 is 1.82 bits per heavy atom. The maximum absolute atomic E-state index is 13.6. The van der Waals surface area contributed by atoms with Crippen molar-refractivity contribution in [3.63, 3.8) is 0 Å². The Bertz CT molecular complexity index is 1130. The number of amides is 1. The molecule has 1 fully saturated rings. The molecule has 1 amide bonds. The standard InChI is InChI=1S/C26H32F2N4O/c1-16-11-20(12-17(2)29-16)26-22(14-24(27)28)21-13-19(5-6-23(21)30-26)18-7-9-32(10-8-18)25(33)15-31(3)4/h5-6,11-13,18,24,30H,7-10,14-15H2,1-4H3. The summed E-state index contributed by atoms with van der Waals surface area (Å²) < 4.78 is 27.2. The third-order valence-corrected chi connectivity index (χ3v) is 6.43. The summed E-state index contributed by atoms with van der Waals surface area (Å²) in [6, 6.07) is 10.1. The number of nitrogens with one attached hydrogen (secondary N) is 1. The Morgan fingerprint density at radius 1 is 1.15 bits per heavy atom. The van der Waals surface area contributed by atoms with E-state index in [-0.39, 0.29) is 12.3 Å². The molecule has 3 aromatic rings. The molecule has 0 bridgehead atoms. The van der Waals surface area contributed by atoms with Crippen molar-refractivity contribution >= 4 is 16.8 Å². The molecule has 3 heterocycles. The van der Waals surface area contributed by atoms with E-state index in [1.807, 2.05) is 55.9 Å². The highest BCUT2D eigenvalue weighted by molar-refractivity contribution is 5.91. The molecule has 0 atom stereocenters. The molecule has 4 rings (SSSR count). The Labute approximate surface area is 193 Å². The third kappa shape index (κ3) is 5.24. The fourth-order valence-electron chi connectivity index (χ4n) is 4.94. The van der Waals surface area contributed by atoms with Gasteiger partial charge in [0.25, 0.3) is 0 Å². The van der Waals surface area contributed by atoms with Crippen molar-refractivity contribution in [3.8, 4) is 11.3 Å². The van der Waals surface area contributed by atoms with Crippen LogP contribution in [-0.4, -0.2) is 65.8 Å². The van der Waals surface area contributed by atoms with Crippen LogP contribution in [0.15, 0.2) is 30.3 Å². The molecular weight excluding hydrogens is 422 g/mol. The van der Waals surface area contributed by atoms with Gasteiger partial charge in [0.05, 0.1) is 12.2 Å². The predicted molar refractivity (Wildman–Crippen MR) is 128 cm³/mol. The predicted octanol–water partition coefficient (Wildman–Crippen LogP) is 4.92. The number of aromatic amines is 1. The number of carbonyl (C=O) groups is 1. The lowest BCUT2D eigenvalue weighted by molar-refractivity contribution is -0.132. The summed E-state index contributed by atoms with van der Waals surface area (Å²) in [5, 5.41) is 0.862. The van der Waals surface area contributed by atoms with Gasteiger partial charge in [-0.25, -0.2) is 8.78 Å². The van der Waals surface area contributed by atoms with E-state index in [1.165, 1.54) is 0 Å². The van der Waals surface area contributed by atoms with Gasteiger partial charge in [0.15, 0.2) is 0 Å². The molecule has 5 nitrogen and oxygen atoms in total. The van der Waals surface area contributed by atoms with Crippen molar-refractivity contribution in [1.29, 1.82) is 0 Å². The van der Waals surface area contributed by atoms with Crippen molar-refractivity contribution in [3.05, 3.63) is 52.8 Å². The summed E-state index contributed by atoms with van der Waals surface area (Å²) in [5.74, 6) is 0.479. The van der Waals surface area contributed by atoms with Crippen LogP contribution in [0.1, 0.15) is 41.3 Å².